The van der Waals surface area contributed by atoms with Gasteiger partial charge in [-0.25, -0.2) is 0 Å². The second kappa shape index (κ2) is 5.15. The Morgan fingerprint density at radius 1 is 0.833 bits per heavy atom. The Hall–Kier alpha value is -0.0500. The molecular formula is C17H27I. The maximum Gasteiger partial charge on any atom is 0.0257 e. The summed E-state index contributed by atoms with van der Waals surface area (Å²) in [6, 6.07) is 9.21. The van der Waals surface area contributed by atoms with Crippen LogP contribution in [0.5, 0.6) is 0 Å². The van der Waals surface area contributed by atoms with Crippen LogP contribution in [0.3, 0.4) is 0 Å². The predicted octanol–water partition coefficient (Wildman–Crippen LogP) is 5.77. The third kappa shape index (κ3) is 3.97. The average molecular weight is 358 g/mol. The van der Waals surface area contributed by atoms with Crippen molar-refractivity contribution in [3.8, 4) is 0 Å². The summed E-state index contributed by atoms with van der Waals surface area (Å²) in [5.41, 5.74) is 3.42. The minimum absolute atomic E-state index is 0.188. The van der Waals surface area contributed by atoms with Crippen molar-refractivity contribution in [2.75, 3.05) is 0 Å². The first-order chi connectivity index (χ1) is 7.93. The second-order valence-corrected chi connectivity index (χ2v) is 10.2. The second-order valence-electron chi connectivity index (χ2n) is 7.53. The lowest BCUT2D eigenvalue weighted by molar-refractivity contribution is 0.410. The lowest BCUT2D eigenvalue weighted by Gasteiger charge is -2.38. The van der Waals surface area contributed by atoms with Crippen LogP contribution in [-0.4, -0.2) is 3.42 Å². The van der Waals surface area contributed by atoms with Crippen LogP contribution in [0.1, 0.15) is 59.6 Å². The van der Waals surface area contributed by atoms with Gasteiger partial charge in [-0.3, -0.25) is 0 Å². The molecule has 0 nitrogen and oxygen atoms in total. The molecule has 1 heteroatoms. The molecule has 0 fully saturated rings. The molecule has 0 atom stereocenters. The summed E-state index contributed by atoms with van der Waals surface area (Å²) in [7, 11) is 0. The third-order valence-corrected chi connectivity index (χ3v) is 5.24. The van der Waals surface area contributed by atoms with Gasteiger partial charge in [0.1, 0.15) is 0 Å². The lowest BCUT2D eigenvalue weighted by atomic mass is 9.74. The van der Waals surface area contributed by atoms with Crippen LogP contribution >= 0.6 is 22.6 Å². The van der Waals surface area contributed by atoms with Crippen LogP contribution in [0.4, 0.5) is 0 Å². The first-order valence-electron chi connectivity index (χ1n) is 6.72. The minimum atomic E-state index is 0.188. The summed E-state index contributed by atoms with van der Waals surface area (Å²) >= 11 is 2.55. The molecule has 0 aromatic heterocycles. The molecular weight excluding hydrogens is 331 g/mol. The van der Waals surface area contributed by atoms with E-state index in [1.54, 1.807) is 0 Å². The molecule has 0 radical (unpaired) electrons. The zero-order valence-electron chi connectivity index (χ0n) is 12.9. The van der Waals surface area contributed by atoms with Crippen molar-refractivity contribution in [1.29, 1.82) is 0 Å². The first-order valence-corrected chi connectivity index (χ1v) is 7.80. The van der Waals surface area contributed by atoms with Gasteiger partial charge in [-0.2, -0.15) is 0 Å². The molecule has 102 valence electrons. The molecule has 0 saturated heterocycles. The highest BCUT2D eigenvalue weighted by atomic mass is 127. The molecule has 0 bridgehead atoms. The molecule has 0 unspecified atom stereocenters. The van der Waals surface area contributed by atoms with Crippen molar-refractivity contribution in [2.24, 2.45) is 5.41 Å². The van der Waals surface area contributed by atoms with Crippen molar-refractivity contribution >= 4 is 22.6 Å². The Morgan fingerprint density at radius 2 is 1.28 bits per heavy atom. The lowest BCUT2D eigenvalue weighted by Crippen LogP contribution is -2.37. The van der Waals surface area contributed by atoms with E-state index in [-0.39, 0.29) is 8.84 Å². The van der Waals surface area contributed by atoms with Gasteiger partial charge in [0.25, 0.3) is 0 Å². The van der Waals surface area contributed by atoms with Gasteiger partial charge in [0.05, 0.1) is 0 Å². The van der Waals surface area contributed by atoms with E-state index in [4.69, 9.17) is 0 Å². The molecule has 18 heavy (non-hydrogen) atoms. The molecule has 1 aromatic carbocycles. The monoisotopic (exact) mass is 358 g/mol. The number of alkyl halides is 1. The number of hydrogen-bond donors (Lipinski definition) is 0. The predicted molar refractivity (Wildman–Crippen MR) is 90.7 cm³/mol. The van der Waals surface area contributed by atoms with Gasteiger partial charge >= 0.3 is 0 Å². The SMILES string of the molecule is CC(C)(C)Cc1ccc(C(C)(C)C(C)(C)I)cc1. The van der Waals surface area contributed by atoms with E-state index in [9.17, 15) is 0 Å². The maximum absolute atomic E-state index is 2.55. The Balaban J connectivity index is 2.97. The van der Waals surface area contributed by atoms with Crippen LogP contribution in [0, 0.1) is 5.41 Å². The summed E-state index contributed by atoms with van der Waals surface area (Å²) in [5.74, 6) is 0. The fourth-order valence-corrected chi connectivity index (χ4v) is 2.31. The van der Waals surface area contributed by atoms with E-state index >= 15 is 0 Å². The molecule has 0 aliphatic carbocycles. The molecule has 0 aliphatic heterocycles. The average Bonchev–Trinajstić information content (AvgIpc) is 2.14. The number of halogens is 1. The van der Waals surface area contributed by atoms with E-state index in [1.807, 2.05) is 0 Å². The van der Waals surface area contributed by atoms with Crippen LogP contribution in [0.2, 0.25) is 0 Å². The molecule has 0 aliphatic rings. The van der Waals surface area contributed by atoms with Crippen molar-refractivity contribution < 1.29 is 0 Å². The Bertz CT molecular complexity index is 385. The van der Waals surface area contributed by atoms with Crippen molar-refractivity contribution in [3.63, 3.8) is 0 Å². The Labute approximate surface area is 127 Å². The normalized spacial score (nSPS) is 13.8. The van der Waals surface area contributed by atoms with Gasteiger partial charge in [0, 0.05) is 8.84 Å². The Morgan fingerprint density at radius 3 is 1.61 bits per heavy atom. The zero-order chi connectivity index (χ0) is 14.2. The third-order valence-electron chi connectivity index (χ3n) is 3.90. The van der Waals surface area contributed by atoms with Crippen LogP contribution in [0.25, 0.3) is 0 Å². The zero-order valence-corrected chi connectivity index (χ0v) is 15.1. The van der Waals surface area contributed by atoms with Gasteiger partial charge < -0.3 is 0 Å². The minimum Gasteiger partial charge on any atom is -0.0785 e. The van der Waals surface area contributed by atoms with Crippen LogP contribution < -0.4 is 0 Å². The molecule has 0 spiro atoms. The van der Waals surface area contributed by atoms with Crippen molar-refractivity contribution in [2.45, 2.75) is 63.7 Å². The van der Waals surface area contributed by atoms with E-state index in [1.165, 1.54) is 11.1 Å². The van der Waals surface area contributed by atoms with Crippen LogP contribution in [0.15, 0.2) is 24.3 Å². The summed E-state index contributed by atoms with van der Waals surface area (Å²) in [4.78, 5) is 0. The van der Waals surface area contributed by atoms with Crippen molar-refractivity contribution in [3.05, 3.63) is 35.4 Å². The molecule has 0 N–H and O–H groups in total. The van der Waals surface area contributed by atoms with Gasteiger partial charge in [-0.05, 0) is 36.8 Å². The van der Waals surface area contributed by atoms with Gasteiger partial charge in [-0.1, -0.05) is 81.5 Å². The molecule has 1 rings (SSSR count). The highest BCUT2D eigenvalue weighted by Crippen LogP contribution is 2.41. The maximum atomic E-state index is 2.55. The van der Waals surface area contributed by atoms with Gasteiger partial charge in [0.15, 0.2) is 0 Å². The van der Waals surface area contributed by atoms with E-state index in [2.05, 4.69) is 95.3 Å². The smallest absolute Gasteiger partial charge is 0.0257 e. The topological polar surface area (TPSA) is 0 Å². The van der Waals surface area contributed by atoms with Gasteiger partial charge in [0.2, 0.25) is 0 Å². The van der Waals surface area contributed by atoms with Crippen LogP contribution in [-0.2, 0) is 11.8 Å². The van der Waals surface area contributed by atoms with Crippen molar-refractivity contribution in [1.82, 2.24) is 0 Å². The highest BCUT2D eigenvalue weighted by Gasteiger charge is 2.35. The quantitative estimate of drug-likeness (QED) is 0.476. The molecule has 0 heterocycles. The molecule has 0 amide bonds. The number of benzene rings is 1. The number of rotatable bonds is 3. The summed E-state index contributed by atoms with van der Waals surface area (Å²) in [6.45, 7) is 16.1. The largest absolute Gasteiger partial charge is 0.0785 e. The van der Waals surface area contributed by atoms with E-state index < -0.39 is 0 Å². The summed E-state index contributed by atoms with van der Waals surface area (Å²) in [6.07, 6.45) is 1.14. The van der Waals surface area contributed by atoms with Gasteiger partial charge in [-0.15, -0.1) is 0 Å². The summed E-state index contributed by atoms with van der Waals surface area (Å²) in [5, 5.41) is 0. The fraction of sp³-hybridized carbons (Fsp3) is 0.647. The Kier molecular flexibility index (Phi) is 4.58. The summed E-state index contributed by atoms with van der Waals surface area (Å²) < 4.78 is 0.246. The standard InChI is InChI=1S/C17H27I/c1-15(2,3)12-13-8-10-14(11-9-13)16(4,5)17(6,7)18/h8-11H,12H2,1-7H3. The first kappa shape index (κ1) is 16.0. The fourth-order valence-electron chi connectivity index (χ4n) is 1.99. The molecule has 1 aromatic rings. The highest BCUT2D eigenvalue weighted by molar-refractivity contribution is 14.1. The van der Waals surface area contributed by atoms with E-state index in [0.717, 1.165) is 6.42 Å². The van der Waals surface area contributed by atoms with E-state index in [0.29, 0.717) is 5.41 Å². The number of hydrogen-bond acceptors (Lipinski definition) is 0. The molecule has 0 saturated carbocycles.